The van der Waals surface area contributed by atoms with E-state index in [4.69, 9.17) is 5.73 Å². The fourth-order valence-electron chi connectivity index (χ4n) is 5.30. The number of carboxylic acid groups (broad SMARTS) is 2. The molecule has 0 aromatic heterocycles. The number of Topliss-reactive ketones (excluding diaryl/α,β-unsaturated/α-hetero) is 1. The summed E-state index contributed by atoms with van der Waals surface area (Å²) in [6, 6.07) is 20.8. The maximum atomic E-state index is 14.6. The number of para-hydroxylation sites is 1. The summed E-state index contributed by atoms with van der Waals surface area (Å²) in [5.74, 6) is -7.12. The third-order valence-corrected chi connectivity index (χ3v) is 7.48. The molecular weight excluding hydrogens is 556 g/mol. The van der Waals surface area contributed by atoms with E-state index in [1.807, 2.05) is 0 Å². The van der Waals surface area contributed by atoms with E-state index in [1.54, 1.807) is 66.7 Å². The number of amides is 4. The second-order valence-electron chi connectivity index (χ2n) is 10.2. The topological polar surface area (TPSA) is 179 Å². The molecule has 3 aromatic carbocycles. The summed E-state index contributed by atoms with van der Waals surface area (Å²) in [6.07, 6.45) is -0.917. The number of hydrogen-bond donors (Lipinski definition) is 3. The molecule has 4 amide bonds. The third kappa shape index (κ3) is 5.12. The van der Waals surface area contributed by atoms with E-state index in [9.17, 15) is 39.0 Å². The molecule has 3 aromatic rings. The van der Waals surface area contributed by atoms with E-state index in [0.717, 1.165) is 11.8 Å². The van der Waals surface area contributed by atoms with Crippen molar-refractivity contribution < 1.29 is 39.0 Å². The van der Waals surface area contributed by atoms with Crippen molar-refractivity contribution >= 4 is 41.3 Å². The van der Waals surface area contributed by atoms with Crippen molar-refractivity contribution in [2.24, 2.45) is 5.73 Å². The van der Waals surface area contributed by atoms with E-state index < -0.39 is 59.2 Å². The second-order valence-corrected chi connectivity index (χ2v) is 10.2. The number of carbonyl (C=O) groups excluding carboxylic acids is 4. The van der Waals surface area contributed by atoms with Gasteiger partial charge in [-0.25, -0.2) is 14.5 Å². The smallest absolute Gasteiger partial charge is 0.360 e. The minimum absolute atomic E-state index is 0.154. The van der Waals surface area contributed by atoms with Crippen LogP contribution in [0.3, 0.4) is 0 Å². The number of ketones is 1. The van der Waals surface area contributed by atoms with Crippen LogP contribution < -0.4 is 10.6 Å². The first kappa shape index (κ1) is 30.6. The lowest BCUT2D eigenvalue weighted by Crippen LogP contribution is -2.74. The molecule has 0 bridgehead atoms. The molecule has 222 valence electrons. The first-order valence-electron chi connectivity index (χ1n) is 13.2. The highest BCUT2D eigenvalue weighted by molar-refractivity contribution is 6.24. The predicted molar refractivity (Wildman–Crippen MR) is 153 cm³/mol. The zero-order chi connectivity index (χ0) is 31.5. The van der Waals surface area contributed by atoms with Gasteiger partial charge >= 0.3 is 18.0 Å². The molecule has 0 unspecified atom stereocenters. The van der Waals surface area contributed by atoms with Gasteiger partial charge in [-0.3, -0.25) is 24.1 Å². The van der Waals surface area contributed by atoms with Crippen LogP contribution in [0.25, 0.3) is 0 Å². The maximum absolute atomic E-state index is 14.6. The number of nitrogens with two attached hydrogens (primary N) is 1. The van der Waals surface area contributed by atoms with Gasteiger partial charge in [-0.15, -0.1) is 0 Å². The van der Waals surface area contributed by atoms with Crippen molar-refractivity contribution in [1.82, 2.24) is 9.80 Å². The lowest BCUT2D eigenvalue weighted by atomic mass is 9.88. The predicted octanol–water partition coefficient (Wildman–Crippen LogP) is 2.57. The number of carbonyl (C=O) groups is 6. The molecule has 1 heterocycles. The molecule has 4 rings (SSSR count). The van der Waals surface area contributed by atoms with Crippen LogP contribution in [0.5, 0.6) is 0 Å². The molecule has 43 heavy (non-hydrogen) atoms. The second kappa shape index (κ2) is 11.9. The minimum Gasteiger partial charge on any atom is -0.481 e. The monoisotopic (exact) mass is 586 g/mol. The van der Waals surface area contributed by atoms with Crippen LogP contribution in [0.4, 0.5) is 10.5 Å². The van der Waals surface area contributed by atoms with Gasteiger partial charge in [0.15, 0.2) is 5.78 Å². The van der Waals surface area contributed by atoms with Crippen LogP contribution in [-0.4, -0.2) is 67.3 Å². The van der Waals surface area contributed by atoms with Gasteiger partial charge < -0.3 is 20.8 Å². The van der Waals surface area contributed by atoms with E-state index in [1.165, 1.54) is 31.2 Å². The number of urea groups is 1. The van der Waals surface area contributed by atoms with Crippen molar-refractivity contribution in [2.75, 3.05) is 4.90 Å². The standard InChI is InChI=1S/C31H30N4O8/c1-20(36)31(28(41)42,34(23-16-10-5-11-17-23)26(39)24(32)18-25(37)38)35-27(40)30(2,22-14-8-4-9-15-22)33(29(35)43)19-21-12-6-3-7-13-21/h3-17,24H,18-19,32H2,1-2H3,(H,37,38)(H,41,42)/t24-,30+,31-/m0/s1. The summed E-state index contributed by atoms with van der Waals surface area (Å²) < 4.78 is 0. The van der Waals surface area contributed by atoms with Gasteiger partial charge in [0.25, 0.3) is 11.6 Å². The molecule has 0 saturated carbocycles. The lowest BCUT2D eigenvalue weighted by molar-refractivity contribution is -0.162. The number of carboxylic acids is 2. The van der Waals surface area contributed by atoms with Crippen LogP contribution in [0.15, 0.2) is 91.0 Å². The van der Waals surface area contributed by atoms with Gasteiger partial charge in [-0.1, -0.05) is 78.9 Å². The van der Waals surface area contributed by atoms with Gasteiger partial charge in [-0.05, 0) is 37.1 Å². The number of aliphatic carboxylic acids is 2. The molecule has 4 N–H and O–H groups in total. The van der Waals surface area contributed by atoms with Gasteiger partial charge in [-0.2, -0.15) is 0 Å². The van der Waals surface area contributed by atoms with Gasteiger partial charge in [0.2, 0.25) is 5.91 Å². The van der Waals surface area contributed by atoms with Gasteiger partial charge in [0.1, 0.15) is 5.54 Å². The number of rotatable bonds is 11. The Morgan fingerprint density at radius 3 is 1.88 bits per heavy atom. The normalized spacial score (nSPS) is 18.6. The summed E-state index contributed by atoms with van der Waals surface area (Å²) >= 11 is 0. The van der Waals surface area contributed by atoms with Crippen LogP contribution in [0, 0.1) is 0 Å². The minimum atomic E-state index is -3.27. The van der Waals surface area contributed by atoms with Gasteiger partial charge in [0, 0.05) is 12.2 Å². The number of imide groups is 1. The quantitative estimate of drug-likeness (QED) is 0.225. The van der Waals surface area contributed by atoms with Crippen LogP contribution >= 0.6 is 0 Å². The van der Waals surface area contributed by atoms with Gasteiger partial charge in [0.05, 0.1) is 12.5 Å². The molecule has 1 aliphatic heterocycles. The van der Waals surface area contributed by atoms with Crippen molar-refractivity contribution in [1.29, 1.82) is 0 Å². The first-order chi connectivity index (χ1) is 20.4. The molecule has 12 nitrogen and oxygen atoms in total. The summed E-state index contributed by atoms with van der Waals surface area (Å²) in [4.78, 5) is 83.2. The summed E-state index contributed by atoms with van der Waals surface area (Å²) in [5, 5.41) is 20.1. The highest BCUT2D eigenvalue weighted by Crippen LogP contribution is 2.44. The lowest BCUT2D eigenvalue weighted by Gasteiger charge is -2.43. The molecular formula is C31H30N4O8. The summed E-state index contributed by atoms with van der Waals surface area (Å²) in [5.41, 5.74) is 1.56. The average molecular weight is 587 g/mol. The van der Waals surface area contributed by atoms with Crippen LogP contribution in [-0.2, 0) is 36.1 Å². The number of nitrogens with zero attached hydrogens (tertiary/aromatic N) is 3. The fraction of sp³-hybridized carbons (Fsp3) is 0.226. The highest BCUT2D eigenvalue weighted by atomic mass is 16.4. The third-order valence-electron chi connectivity index (χ3n) is 7.48. The Morgan fingerprint density at radius 1 is 0.884 bits per heavy atom. The fourth-order valence-corrected chi connectivity index (χ4v) is 5.30. The average Bonchev–Trinajstić information content (AvgIpc) is 3.17. The number of hydrogen-bond acceptors (Lipinski definition) is 7. The first-order valence-corrected chi connectivity index (χ1v) is 13.2. The SMILES string of the molecule is CC(=O)[C@@](C(=O)O)(N1C(=O)N(Cc2ccccc2)[C@](C)(c2ccccc2)C1=O)N(C(=O)[C@@H](N)CC(=O)O)c1ccccc1. The summed E-state index contributed by atoms with van der Waals surface area (Å²) in [6.45, 7) is 2.11. The molecule has 1 fully saturated rings. The van der Waals surface area contributed by atoms with Crippen molar-refractivity contribution in [3.05, 3.63) is 102 Å². The number of benzene rings is 3. The zero-order valence-corrected chi connectivity index (χ0v) is 23.4. The molecule has 0 radical (unpaired) electrons. The molecule has 1 aliphatic rings. The van der Waals surface area contributed by atoms with Crippen molar-refractivity contribution in [2.45, 2.75) is 44.1 Å². The Balaban J connectivity index is 2.02. The van der Waals surface area contributed by atoms with Crippen LogP contribution in [0.1, 0.15) is 31.4 Å². The Bertz CT molecular complexity index is 1550. The molecule has 3 atom stereocenters. The van der Waals surface area contributed by atoms with Crippen LogP contribution in [0.2, 0.25) is 0 Å². The Labute approximate surface area is 246 Å². The van der Waals surface area contributed by atoms with E-state index >= 15 is 0 Å². The maximum Gasteiger partial charge on any atom is 0.360 e. The van der Waals surface area contributed by atoms with Crippen molar-refractivity contribution in [3.8, 4) is 0 Å². The molecule has 1 saturated heterocycles. The highest BCUT2D eigenvalue weighted by Gasteiger charge is 2.69. The molecule has 0 aliphatic carbocycles. The Morgan fingerprint density at radius 2 is 1.40 bits per heavy atom. The summed E-state index contributed by atoms with van der Waals surface area (Å²) in [7, 11) is 0. The van der Waals surface area contributed by atoms with E-state index in [0.29, 0.717) is 16.0 Å². The molecule has 0 spiro atoms. The zero-order valence-electron chi connectivity index (χ0n) is 23.4. The van der Waals surface area contributed by atoms with Crippen molar-refractivity contribution in [3.63, 3.8) is 0 Å². The Hall–Kier alpha value is -5.36. The molecule has 12 heteroatoms. The Kier molecular flexibility index (Phi) is 8.44. The number of anilines is 1. The van der Waals surface area contributed by atoms with E-state index in [2.05, 4.69) is 0 Å². The largest absolute Gasteiger partial charge is 0.481 e. The van der Waals surface area contributed by atoms with E-state index in [-0.39, 0.29) is 17.1 Å².